The SMILES string of the molecule is C=C[C@]12CN(Cc3ccc(OC)cc3)C(=O)[C@H]1[C@@H]1OCCC/C=C\[C@@H]1O2. The highest BCUT2D eigenvalue weighted by Crippen LogP contribution is 2.46. The quantitative estimate of drug-likeness (QED) is 0.779. The van der Waals surface area contributed by atoms with Gasteiger partial charge in [-0.1, -0.05) is 30.4 Å². The van der Waals surface area contributed by atoms with Gasteiger partial charge in [0.1, 0.15) is 29.5 Å². The second kappa shape index (κ2) is 6.89. The van der Waals surface area contributed by atoms with E-state index in [4.69, 9.17) is 14.2 Å². The number of rotatable bonds is 4. The van der Waals surface area contributed by atoms with Crippen molar-refractivity contribution in [2.45, 2.75) is 37.2 Å². The summed E-state index contributed by atoms with van der Waals surface area (Å²) in [5.74, 6) is 0.565. The molecule has 0 aromatic heterocycles. The minimum absolute atomic E-state index is 0.0854. The van der Waals surface area contributed by atoms with Crippen molar-refractivity contribution < 1.29 is 19.0 Å². The largest absolute Gasteiger partial charge is 0.497 e. The van der Waals surface area contributed by atoms with Crippen LogP contribution < -0.4 is 4.74 Å². The van der Waals surface area contributed by atoms with Crippen LogP contribution in [0, 0.1) is 5.92 Å². The molecule has 3 heterocycles. The van der Waals surface area contributed by atoms with Gasteiger partial charge in [0.25, 0.3) is 0 Å². The lowest BCUT2D eigenvalue weighted by Crippen LogP contribution is -2.38. The summed E-state index contributed by atoms with van der Waals surface area (Å²) in [7, 11) is 1.64. The van der Waals surface area contributed by atoms with Gasteiger partial charge >= 0.3 is 0 Å². The van der Waals surface area contributed by atoms with Crippen molar-refractivity contribution in [3.05, 3.63) is 54.6 Å². The predicted octanol–water partition coefficient (Wildman–Crippen LogP) is 2.71. The normalized spacial score (nSPS) is 34.6. The van der Waals surface area contributed by atoms with E-state index in [9.17, 15) is 4.79 Å². The van der Waals surface area contributed by atoms with Gasteiger partial charge in [0.05, 0.1) is 13.7 Å². The van der Waals surface area contributed by atoms with Crippen LogP contribution in [0.25, 0.3) is 0 Å². The molecule has 1 aromatic carbocycles. The van der Waals surface area contributed by atoms with Crippen LogP contribution in [0.1, 0.15) is 18.4 Å². The number of nitrogens with zero attached hydrogens (tertiary/aromatic N) is 1. The Morgan fingerprint density at radius 3 is 2.92 bits per heavy atom. The first-order chi connectivity index (χ1) is 12.7. The maximum Gasteiger partial charge on any atom is 0.232 e. The van der Waals surface area contributed by atoms with Crippen LogP contribution in [0.2, 0.25) is 0 Å². The molecule has 3 aliphatic rings. The van der Waals surface area contributed by atoms with Gasteiger partial charge in [0.15, 0.2) is 0 Å². The Labute approximate surface area is 154 Å². The summed E-state index contributed by atoms with van der Waals surface area (Å²) in [6.45, 7) is 5.69. The van der Waals surface area contributed by atoms with Crippen molar-refractivity contribution in [1.82, 2.24) is 4.90 Å². The number of allylic oxidation sites excluding steroid dienone is 1. The molecule has 0 saturated carbocycles. The molecule has 5 heteroatoms. The highest BCUT2D eigenvalue weighted by Gasteiger charge is 2.62. The molecule has 0 radical (unpaired) electrons. The van der Waals surface area contributed by atoms with Crippen LogP contribution in [0.3, 0.4) is 0 Å². The molecule has 5 nitrogen and oxygen atoms in total. The average Bonchev–Trinajstić information content (AvgIpc) is 3.08. The molecular weight excluding hydrogens is 330 g/mol. The van der Waals surface area contributed by atoms with Gasteiger partial charge in [0, 0.05) is 13.2 Å². The number of benzene rings is 1. The number of methoxy groups -OCH3 is 1. The molecule has 0 N–H and O–H groups in total. The first kappa shape index (κ1) is 17.3. The second-order valence-electron chi connectivity index (χ2n) is 7.17. The van der Waals surface area contributed by atoms with Gasteiger partial charge in [-0.2, -0.15) is 0 Å². The van der Waals surface area contributed by atoms with Crippen LogP contribution in [-0.2, 0) is 20.8 Å². The van der Waals surface area contributed by atoms with E-state index in [1.54, 1.807) is 13.2 Å². The van der Waals surface area contributed by atoms with Gasteiger partial charge in [-0.05, 0) is 30.5 Å². The number of carbonyl (C=O) groups excluding carboxylic acids is 1. The first-order valence-electron chi connectivity index (χ1n) is 9.18. The Kier molecular flexibility index (Phi) is 4.59. The van der Waals surface area contributed by atoms with E-state index in [2.05, 4.69) is 18.7 Å². The Morgan fingerprint density at radius 1 is 1.38 bits per heavy atom. The monoisotopic (exact) mass is 355 g/mol. The number of likely N-dealkylation sites (tertiary alicyclic amines) is 1. The number of fused-ring (bicyclic) bond motifs is 3. The van der Waals surface area contributed by atoms with Crippen molar-refractivity contribution >= 4 is 5.91 Å². The predicted molar refractivity (Wildman–Crippen MR) is 97.8 cm³/mol. The lowest BCUT2D eigenvalue weighted by atomic mass is 9.87. The minimum Gasteiger partial charge on any atom is -0.497 e. The van der Waals surface area contributed by atoms with E-state index in [1.807, 2.05) is 29.2 Å². The summed E-state index contributed by atoms with van der Waals surface area (Å²) in [4.78, 5) is 15.1. The number of carbonyl (C=O) groups is 1. The highest BCUT2D eigenvalue weighted by molar-refractivity contribution is 5.85. The summed E-state index contributed by atoms with van der Waals surface area (Å²) in [6, 6.07) is 7.80. The molecule has 0 bridgehead atoms. The van der Waals surface area contributed by atoms with Crippen LogP contribution in [0.5, 0.6) is 5.75 Å². The maximum absolute atomic E-state index is 13.2. The molecule has 0 spiro atoms. The maximum atomic E-state index is 13.2. The van der Waals surface area contributed by atoms with Crippen LogP contribution >= 0.6 is 0 Å². The topological polar surface area (TPSA) is 48.0 Å². The van der Waals surface area contributed by atoms with Crippen LogP contribution in [0.15, 0.2) is 49.1 Å². The molecule has 0 aliphatic carbocycles. The third-order valence-electron chi connectivity index (χ3n) is 5.58. The molecule has 0 unspecified atom stereocenters. The van der Waals surface area contributed by atoms with E-state index in [0.717, 1.165) is 24.2 Å². The molecule has 4 rings (SSSR count). The van der Waals surface area contributed by atoms with Crippen molar-refractivity contribution in [1.29, 1.82) is 0 Å². The van der Waals surface area contributed by atoms with E-state index in [0.29, 0.717) is 19.7 Å². The third-order valence-corrected chi connectivity index (χ3v) is 5.58. The lowest BCUT2D eigenvalue weighted by Gasteiger charge is -2.25. The highest BCUT2D eigenvalue weighted by atomic mass is 16.6. The Morgan fingerprint density at radius 2 is 2.19 bits per heavy atom. The lowest BCUT2D eigenvalue weighted by molar-refractivity contribution is -0.135. The molecule has 138 valence electrons. The summed E-state index contributed by atoms with van der Waals surface area (Å²) in [5, 5.41) is 0. The summed E-state index contributed by atoms with van der Waals surface area (Å²) < 4.78 is 17.6. The smallest absolute Gasteiger partial charge is 0.232 e. The molecule has 4 atom stereocenters. The van der Waals surface area contributed by atoms with Crippen molar-refractivity contribution in [3.63, 3.8) is 0 Å². The minimum atomic E-state index is -0.673. The van der Waals surface area contributed by atoms with Gasteiger partial charge in [-0.3, -0.25) is 4.79 Å². The van der Waals surface area contributed by atoms with Crippen molar-refractivity contribution in [3.8, 4) is 5.75 Å². The molecule has 2 fully saturated rings. The second-order valence-corrected chi connectivity index (χ2v) is 7.17. The fraction of sp³-hybridized carbons (Fsp3) is 0.476. The molecule has 1 aromatic rings. The zero-order chi connectivity index (χ0) is 18.1. The Hall–Kier alpha value is -2.11. The Balaban J connectivity index is 1.56. The van der Waals surface area contributed by atoms with E-state index in [1.165, 1.54) is 0 Å². The zero-order valence-corrected chi connectivity index (χ0v) is 15.1. The third kappa shape index (κ3) is 2.85. The van der Waals surface area contributed by atoms with Gasteiger partial charge in [-0.25, -0.2) is 0 Å². The zero-order valence-electron chi connectivity index (χ0n) is 15.1. The molecular formula is C21H25NO4. The van der Waals surface area contributed by atoms with E-state index >= 15 is 0 Å². The summed E-state index contributed by atoms with van der Waals surface area (Å²) in [5.41, 5.74) is 0.390. The van der Waals surface area contributed by atoms with Gasteiger partial charge < -0.3 is 19.1 Å². The summed E-state index contributed by atoms with van der Waals surface area (Å²) in [6.07, 6.45) is 7.52. The number of hydrogen-bond acceptors (Lipinski definition) is 4. The van der Waals surface area contributed by atoms with Crippen molar-refractivity contribution in [2.75, 3.05) is 20.3 Å². The molecule has 2 saturated heterocycles. The number of amides is 1. The number of ether oxygens (including phenoxy) is 3. The summed E-state index contributed by atoms with van der Waals surface area (Å²) >= 11 is 0. The standard InChI is InChI=1S/C21H25NO4/c1-3-21-14-22(13-15-8-10-16(24-2)11-9-15)20(23)18(21)19-17(26-21)7-5-4-6-12-25-19/h3,5,7-11,17-19H,1,4,6,12-14H2,2H3/b7-5-/t17-,18+,19+,21-/m0/s1. The molecule has 3 aliphatic heterocycles. The molecule has 1 amide bonds. The van der Waals surface area contributed by atoms with Crippen LogP contribution in [0.4, 0.5) is 0 Å². The first-order valence-corrected chi connectivity index (χ1v) is 9.18. The van der Waals surface area contributed by atoms with Gasteiger partial charge in [-0.15, -0.1) is 6.58 Å². The average molecular weight is 355 g/mol. The van der Waals surface area contributed by atoms with E-state index in [-0.39, 0.29) is 24.0 Å². The fourth-order valence-corrected chi connectivity index (χ4v) is 4.24. The molecule has 26 heavy (non-hydrogen) atoms. The van der Waals surface area contributed by atoms with Crippen molar-refractivity contribution in [2.24, 2.45) is 5.92 Å². The van der Waals surface area contributed by atoms with E-state index < -0.39 is 5.60 Å². The Bertz CT molecular complexity index is 713. The van der Waals surface area contributed by atoms with Crippen LogP contribution in [-0.4, -0.2) is 48.9 Å². The number of hydrogen-bond donors (Lipinski definition) is 0. The fourth-order valence-electron chi connectivity index (χ4n) is 4.24. The van der Waals surface area contributed by atoms with Gasteiger partial charge in [0.2, 0.25) is 5.91 Å².